The summed E-state index contributed by atoms with van der Waals surface area (Å²) in [7, 11) is -4.15. The Bertz CT molecular complexity index is 1790. The highest BCUT2D eigenvalue weighted by Gasteiger charge is 2.24. The Hall–Kier alpha value is -5.01. The number of urea groups is 1. The van der Waals surface area contributed by atoms with Gasteiger partial charge in [-0.05, 0) is 42.0 Å². The molecule has 4 rings (SSSR count). The molecule has 0 aliphatic heterocycles. The van der Waals surface area contributed by atoms with Gasteiger partial charge in [0.2, 0.25) is 5.91 Å². The number of unbranched alkanes of at least 4 members (excludes halogenated alkanes) is 1. The second-order valence-corrected chi connectivity index (χ2v) is 13.1. The maximum absolute atomic E-state index is 13.7. The zero-order valence-corrected chi connectivity index (χ0v) is 27.9. The number of benzene rings is 3. The van der Waals surface area contributed by atoms with E-state index in [4.69, 9.17) is 5.21 Å². The Balaban J connectivity index is 1.58. The number of carbonyl (C=O) groups is 3. The van der Waals surface area contributed by atoms with Gasteiger partial charge >= 0.3 is 6.03 Å². The van der Waals surface area contributed by atoms with Crippen molar-refractivity contribution < 1.29 is 28.0 Å². The molecule has 1 heterocycles. The molecule has 13 heteroatoms. The summed E-state index contributed by atoms with van der Waals surface area (Å²) in [5.74, 6) is -0.274. The number of amides is 4. The number of nitrogens with zero attached hydrogens (tertiary/aromatic N) is 2. The van der Waals surface area contributed by atoms with E-state index in [0.29, 0.717) is 49.2 Å². The minimum Gasteiger partial charge on any atom is -0.347 e. The highest BCUT2D eigenvalue weighted by atomic mass is 32.2. The summed E-state index contributed by atoms with van der Waals surface area (Å²) < 4.78 is 30.1. The number of rotatable bonds is 16. The van der Waals surface area contributed by atoms with Gasteiger partial charge in [0.05, 0.1) is 11.1 Å². The third kappa shape index (κ3) is 9.75. The number of hydrogen-bond donors (Lipinski definition) is 5. The highest BCUT2D eigenvalue weighted by molar-refractivity contribution is 7.90. The molecule has 0 saturated carbocycles. The number of carbonyl (C=O) groups excluding carboxylic acids is 3. The van der Waals surface area contributed by atoms with Crippen molar-refractivity contribution in [3.63, 3.8) is 0 Å². The largest absolute Gasteiger partial charge is 0.347 e. The van der Waals surface area contributed by atoms with Crippen LogP contribution in [0.4, 0.5) is 4.79 Å². The SMILES string of the molecule is CCCCc1ncc(C(=O)NC(CC(=O)NO)Cc2ccccc2)n1Cc1ccc(-c2ccccc2S(=O)(=O)NC(=O)NCCC)cc1. The number of aryl methyl sites for hydroxylation is 1. The summed E-state index contributed by atoms with van der Waals surface area (Å²) in [5, 5.41) is 14.6. The lowest BCUT2D eigenvalue weighted by molar-refractivity contribution is -0.129. The van der Waals surface area contributed by atoms with Crippen LogP contribution in [0, 0.1) is 0 Å². The number of aromatic nitrogens is 2. The van der Waals surface area contributed by atoms with Crippen LogP contribution in [0.5, 0.6) is 0 Å². The number of sulfonamides is 1. The van der Waals surface area contributed by atoms with Crippen LogP contribution < -0.4 is 20.8 Å². The quantitative estimate of drug-likeness (QED) is 0.0856. The number of nitrogens with one attached hydrogen (secondary N) is 4. The lowest BCUT2D eigenvalue weighted by atomic mass is 10.0. The van der Waals surface area contributed by atoms with Crippen LogP contribution in [-0.2, 0) is 34.2 Å². The molecule has 0 saturated heterocycles. The van der Waals surface area contributed by atoms with Gasteiger partial charge in [0.15, 0.2) is 0 Å². The van der Waals surface area contributed by atoms with E-state index in [1.807, 2.05) is 54.0 Å². The lowest BCUT2D eigenvalue weighted by Crippen LogP contribution is -2.41. The molecule has 4 amide bonds. The van der Waals surface area contributed by atoms with Gasteiger partial charge in [-0.1, -0.05) is 93.1 Å². The second-order valence-electron chi connectivity index (χ2n) is 11.4. The van der Waals surface area contributed by atoms with E-state index in [9.17, 15) is 22.8 Å². The molecule has 3 aromatic carbocycles. The van der Waals surface area contributed by atoms with Crippen LogP contribution in [0.3, 0.4) is 0 Å². The van der Waals surface area contributed by atoms with E-state index in [-0.39, 0.29) is 11.3 Å². The van der Waals surface area contributed by atoms with Crippen molar-refractivity contribution in [3.05, 3.63) is 108 Å². The smallest absolute Gasteiger partial charge is 0.328 e. The first-order chi connectivity index (χ1) is 23.1. The van der Waals surface area contributed by atoms with E-state index in [1.165, 1.54) is 12.3 Å². The Morgan fingerprint density at radius 1 is 0.896 bits per heavy atom. The summed E-state index contributed by atoms with van der Waals surface area (Å²) in [4.78, 5) is 42.4. The normalized spacial score (nSPS) is 11.8. The molecule has 1 unspecified atom stereocenters. The number of hydrogen-bond acceptors (Lipinski definition) is 7. The maximum Gasteiger partial charge on any atom is 0.328 e. The average molecular weight is 675 g/mol. The van der Waals surface area contributed by atoms with E-state index in [2.05, 4.69) is 27.3 Å². The fourth-order valence-electron chi connectivity index (χ4n) is 5.27. The summed E-state index contributed by atoms with van der Waals surface area (Å²) in [5.41, 5.74) is 4.82. The van der Waals surface area contributed by atoms with Gasteiger partial charge in [0.1, 0.15) is 11.5 Å². The zero-order valence-electron chi connectivity index (χ0n) is 27.1. The van der Waals surface area contributed by atoms with E-state index in [0.717, 1.165) is 29.8 Å². The van der Waals surface area contributed by atoms with Crippen molar-refractivity contribution in [3.8, 4) is 11.1 Å². The first-order valence-corrected chi connectivity index (χ1v) is 17.4. The van der Waals surface area contributed by atoms with Gasteiger partial charge in [0, 0.05) is 37.5 Å². The van der Waals surface area contributed by atoms with Gasteiger partial charge in [-0.15, -0.1) is 0 Å². The fourth-order valence-corrected chi connectivity index (χ4v) is 6.43. The molecule has 1 atom stereocenters. The molecular weight excluding hydrogens is 632 g/mol. The van der Waals surface area contributed by atoms with Crippen molar-refractivity contribution in [1.29, 1.82) is 0 Å². The predicted octanol–water partition coefficient (Wildman–Crippen LogP) is 4.58. The first kappa shape index (κ1) is 35.8. The Morgan fingerprint density at radius 2 is 1.60 bits per heavy atom. The minimum atomic E-state index is -4.15. The molecule has 254 valence electrons. The molecule has 0 fully saturated rings. The Kier molecular flexibility index (Phi) is 12.9. The number of hydroxylamine groups is 1. The highest BCUT2D eigenvalue weighted by Crippen LogP contribution is 2.28. The van der Waals surface area contributed by atoms with E-state index in [1.54, 1.807) is 35.8 Å². The molecule has 0 aliphatic carbocycles. The summed E-state index contributed by atoms with van der Waals surface area (Å²) in [6.07, 6.45) is 4.94. The van der Waals surface area contributed by atoms with Crippen LogP contribution in [0.15, 0.2) is 90.0 Å². The molecule has 0 bridgehead atoms. The van der Waals surface area contributed by atoms with Gasteiger partial charge < -0.3 is 15.2 Å². The van der Waals surface area contributed by atoms with Crippen LogP contribution in [0.1, 0.15) is 67.0 Å². The maximum atomic E-state index is 13.7. The molecular formula is C35H42N6O6S. The van der Waals surface area contributed by atoms with Crippen molar-refractivity contribution >= 4 is 27.9 Å². The van der Waals surface area contributed by atoms with Crippen molar-refractivity contribution in [2.24, 2.45) is 0 Å². The third-order valence-corrected chi connectivity index (χ3v) is 9.08. The Morgan fingerprint density at radius 3 is 2.29 bits per heavy atom. The summed E-state index contributed by atoms with van der Waals surface area (Å²) >= 11 is 0. The van der Waals surface area contributed by atoms with E-state index < -0.39 is 33.9 Å². The van der Waals surface area contributed by atoms with Gasteiger partial charge in [0.25, 0.3) is 15.9 Å². The monoisotopic (exact) mass is 674 g/mol. The molecule has 0 spiro atoms. The minimum absolute atomic E-state index is 0.0280. The molecule has 48 heavy (non-hydrogen) atoms. The predicted molar refractivity (Wildman–Crippen MR) is 182 cm³/mol. The molecule has 0 aliphatic rings. The van der Waals surface area contributed by atoms with Crippen LogP contribution in [-0.4, -0.2) is 53.6 Å². The van der Waals surface area contributed by atoms with Crippen LogP contribution >= 0.6 is 0 Å². The standard InChI is InChI=1S/C35H42N6O6S/c1-3-5-15-32-37-23-30(34(43)38-28(22-33(42)39-45)21-25-11-7-6-8-12-25)41(32)24-26-16-18-27(19-17-26)29-13-9-10-14-31(29)48(46,47)40-35(44)36-20-4-2/h6-14,16-19,23,28,45H,3-5,15,20-22,24H2,1-2H3,(H,38,43)(H,39,42)(H2,36,40,44). The zero-order chi connectivity index (χ0) is 34.5. The van der Waals surface area contributed by atoms with E-state index >= 15 is 0 Å². The molecule has 5 N–H and O–H groups in total. The number of imidazole rings is 1. The molecule has 4 aromatic rings. The second kappa shape index (κ2) is 17.2. The first-order valence-electron chi connectivity index (χ1n) is 16.0. The molecule has 1 aromatic heterocycles. The average Bonchev–Trinajstić information content (AvgIpc) is 3.48. The van der Waals surface area contributed by atoms with Gasteiger partial charge in [-0.3, -0.25) is 14.8 Å². The van der Waals surface area contributed by atoms with Crippen molar-refractivity contribution in [1.82, 2.24) is 30.4 Å². The van der Waals surface area contributed by atoms with Crippen LogP contribution in [0.25, 0.3) is 11.1 Å². The van der Waals surface area contributed by atoms with Gasteiger partial charge in [-0.25, -0.2) is 28.4 Å². The summed E-state index contributed by atoms with van der Waals surface area (Å²) in [6.45, 7) is 4.61. The molecule has 12 nitrogen and oxygen atoms in total. The topological polar surface area (TPSA) is 172 Å². The third-order valence-electron chi connectivity index (χ3n) is 7.69. The van der Waals surface area contributed by atoms with Crippen molar-refractivity contribution in [2.45, 2.75) is 69.9 Å². The fraction of sp³-hybridized carbons (Fsp3) is 0.314. The molecule has 0 radical (unpaired) electrons. The van der Waals surface area contributed by atoms with Crippen LogP contribution in [0.2, 0.25) is 0 Å². The van der Waals surface area contributed by atoms with Crippen molar-refractivity contribution in [2.75, 3.05) is 6.54 Å². The Labute approximate surface area is 281 Å². The van der Waals surface area contributed by atoms with Gasteiger partial charge in [-0.2, -0.15) is 0 Å². The summed E-state index contributed by atoms with van der Waals surface area (Å²) in [6, 6.07) is 21.8. The lowest BCUT2D eigenvalue weighted by Gasteiger charge is -2.19.